The lowest BCUT2D eigenvalue weighted by Crippen LogP contribution is -2.38. The summed E-state index contributed by atoms with van der Waals surface area (Å²) in [5.41, 5.74) is 0.814. The largest absolute Gasteiger partial charge is 0.455 e. The van der Waals surface area contributed by atoms with Crippen molar-refractivity contribution in [1.82, 2.24) is 5.32 Å². The lowest BCUT2D eigenvalue weighted by atomic mass is 10.1. The minimum absolute atomic E-state index is 0.0616. The highest BCUT2D eigenvalue weighted by Crippen LogP contribution is 2.09. The smallest absolute Gasteiger partial charge is 0.377 e. The molecule has 5 heteroatoms. The van der Waals surface area contributed by atoms with Gasteiger partial charge in [-0.05, 0) is 12.0 Å². The summed E-state index contributed by atoms with van der Waals surface area (Å²) in [6.07, 6.45) is 0.639. The van der Waals surface area contributed by atoms with Crippen LogP contribution >= 0.6 is 0 Å². The van der Waals surface area contributed by atoms with E-state index in [9.17, 15) is 14.4 Å². The minimum Gasteiger partial charge on any atom is -0.455 e. The molecule has 0 aliphatic carbocycles. The Bertz CT molecular complexity index is 469. The van der Waals surface area contributed by atoms with E-state index in [-0.39, 0.29) is 18.9 Å². The van der Waals surface area contributed by atoms with Crippen molar-refractivity contribution >= 4 is 17.7 Å². The summed E-state index contributed by atoms with van der Waals surface area (Å²) in [5.74, 6) is -1.79. The lowest BCUT2D eigenvalue weighted by Gasteiger charge is -2.08. The Morgan fingerprint density at radius 2 is 2.00 bits per heavy atom. The van der Waals surface area contributed by atoms with Crippen LogP contribution in [-0.2, 0) is 25.7 Å². The maximum absolute atomic E-state index is 11.6. The first-order valence-electron chi connectivity index (χ1n) is 5.71. The molecule has 1 fully saturated rings. The molecule has 1 amide bonds. The van der Waals surface area contributed by atoms with E-state index in [0.29, 0.717) is 6.42 Å². The second kappa shape index (κ2) is 5.44. The fourth-order valence-electron chi connectivity index (χ4n) is 1.75. The second-order valence-corrected chi connectivity index (χ2v) is 4.08. The Morgan fingerprint density at radius 1 is 1.28 bits per heavy atom. The van der Waals surface area contributed by atoms with Crippen molar-refractivity contribution in [2.45, 2.75) is 25.5 Å². The lowest BCUT2D eigenvalue weighted by molar-refractivity contribution is -0.155. The molecule has 0 bridgehead atoms. The number of nitrogens with one attached hydrogen (secondary N) is 1. The number of Topliss-reactive ketones (excluding diaryl/α,β-unsaturated/α-hetero) is 1. The SMILES string of the molecule is O=C1CC[C@@H](C(=O)C(=O)OCc2ccccc2)N1. The van der Waals surface area contributed by atoms with Crippen LogP contribution in [0.25, 0.3) is 0 Å². The summed E-state index contributed by atoms with van der Waals surface area (Å²) in [4.78, 5) is 34.1. The van der Waals surface area contributed by atoms with Gasteiger partial charge in [0, 0.05) is 6.42 Å². The van der Waals surface area contributed by atoms with Gasteiger partial charge >= 0.3 is 5.97 Å². The number of hydrogen-bond acceptors (Lipinski definition) is 4. The summed E-state index contributed by atoms with van der Waals surface area (Å²) in [7, 11) is 0. The summed E-state index contributed by atoms with van der Waals surface area (Å²) >= 11 is 0. The number of rotatable bonds is 4. The summed E-state index contributed by atoms with van der Waals surface area (Å²) in [5, 5.41) is 2.44. The number of amides is 1. The Balaban J connectivity index is 1.85. The van der Waals surface area contributed by atoms with Gasteiger partial charge in [0.2, 0.25) is 5.91 Å². The van der Waals surface area contributed by atoms with Crippen LogP contribution in [0.15, 0.2) is 30.3 Å². The van der Waals surface area contributed by atoms with Crippen LogP contribution in [0.1, 0.15) is 18.4 Å². The summed E-state index contributed by atoms with van der Waals surface area (Å²) in [6, 6.07) is 8.37. The highest BCUT2D eigenvalue weighted by Gasteiger charge is 2.32. The van der Waals surface area contributed by atoms with Gasteiger partial charge in [0.05, 0.1) is 6.04 Å². The van der Waals surface area contributed by atoms with Crippen molar-refractivity contribution in [3.63, 3.8) is 0 Å². The molecule has 2 rings (SSSR count). The Hall–Kier alpha value is -2.17. The highest BCUT2D eigenvalue weighted by atomic mass is 16.5. The highest BCUT2D eigenvalue weighted by molar-refractivity contribution is 6.36. The zero-order chi connectivity index (χ0) is 13.0. The molecule has 1 N–H and O–H groups in total. The molecule has 1 aliphatic rings. The average Bonchev–Trinajstić information content (AvgIpc) is 2.83. The van der Waals surface area contributed by atoms with E-state index in [4.69, 9.17) is 4.74 Å². The monoisotopic (exact) mass is 247 g/mol. The van der Waals surface area contributed by atoms with Gasteiger partial charge in [-0.15, -0.1) is 0 Å². The number of hydrogen-bond donors (Lipinski definition) is 1. The molecule has 1 aliphatic heterocycles. The molecule has 5 nitrogen and oxygen atoms in total. The van der Waals surface area contributed by atoms with Crippen LogP contribution in [0.2, 0.25) is 0 Å². The molecule has 1 saturated heterocycles. The number of ether oxygens (including phenoxy) is 1. The summed E-state index contributed by atoms with van der Waals surface area (Å²) in [6.45, 7) is 0.0616. The predicted molar refractivity (Wildman–Crippen MR) is 62.4 cm³/mol. The quantitative estimate of drug-likeness (QED) is 0.624. The molecular formula is C13H13NO4. The van der Waals surface area contributed by atoms with Gasteiger partial charge in [-0.3, -0.25) is 9.59 Å². The Morgan fingerprint density at radius 3 is 2.61 bits per heavy atom. The van der Waals surface area contributed by atoms with Gasteiger partial charge in [-0.2, -0.15) is 0 Å². The molecule has 0 spiro atoms. The number of esters is 1. The molecular weight excluding hydrogens is 234 g/mol. The molecule has 0 saturated carbocycles. The fraction of sp³-hybridized carbons (Fsp3) is 0.308. The van der Waals surface area contributed by atoms with Crippen molar-refractivity contribution in [2.24, 2.45) is 0 Å². The third-order valence-corrected chi connectivity index (χ3v) is 2.73. The first-order valence-corrected chi connectivity index (χ1v) is 5.71. The molecule has 0 radical (unpaired) electrons. The first-order chi connectivity index (χ1) is 8.66. The van der Waals surface area contributed by atoms with Gasteiger partial charge in [0.25, 0.3) is 5.78 Å². The Kier molecular flexibility index (Phi) is 3.72. The van der Waals surface area contributed by atoms with Crippen molar-refractivity contribution in [2.75, 3.05) is 0 Å². The fourth-order valence-corrected chi connectivity index (χ4v) is 1.75. The van der Waals surface area contributed by atoms with E-state index >= 15 is 0 Å². The molecule has 1 aromatic carbocycles. The van der Waals surface area contributed by atoms with Crippen LogP contribution in [0.4, 0.5) is 0 Å². The molecule has 1 heterocycles. The molecule has 1 atom stereocenters. The molecule has 0 unspecified atom stereocenters. The van der Waals surface area contributed by atoms with Crippen LogP contribution in [0.3, 0.4) is 0 Å². The van der Waals surface area contributed by atoms with E-state index in [1.807, 2.05) is 18.2 Å². The van der Waals surface area contributed by atoms with Crippen LogP contribution in [-0.4, -0.2) is 23.7 Å². The predicted octanol–water partition coefficient (Wildman–Crippen LogP) is 0.577. The van der Waals surface area contributed by atoms with Crippen molar-refractivity contribution in [1.29, 1.82) is 0 Å². The minimum atomic E-state index is -0.897. The number of carbonyl (C=O) groups is 3. The third kappa shape index (κ3) is 2.94. The van der Waals surface area contributed by atoms with Gasteiger partial charge < -0.3 is 10.1 Å². The zero-order valence-electron chi connectivity index (χ0n) is 9.72. The number of benzene rings is 1. The summed E-state index contributed by atoms with van der Waals surface area (Å²) < 4.78 is 4.90. The molecule has 94 valence electrons. The van der Waals surface area contributed by atoms with Crippen molar-refractivity contribution in [3.05, 3.63) is 35.9 Å². The maximum atomic E-state index is 11.6. The van der Waals surface area contributed by atoms with Gasteiger partial charge in [-0.1, -0.05) is 30.3 Å². The van der Waals surface area contributed by atoms with E-state index < -0.39 is 17.8 Å². The topological polar surface area (TPSA) is 72.5 Å². The first kappa shape index (κ1) is 12.3. The number of ketones is 1. The van der Waals surface area contributed by atoms with Crippen LogP contribution < -0.4 is 5.32 Å². The van der Waals surface area contributed by atoms with E-state index in [0.717, 1.165) is 5.56 Å². The van der Waals surface area contributed by atoms with E-state index in [2.05, 4.69) is 5.32 Å². The van der Waals surface area contributed by atoms with Crippen molar-refractivity contribution in [3.8, 4) is 0 Å². The standard InChI is InChI=1S/C13H13NO4/c15-11-7-6-10(14-11)12(16)13(17)18-8-9-4-2-1-3-5-9/h1-5,10H,6-8H2,(H,14,15)/t10-/m0/s1. The number of carbonyl (C=O) groups excluding carboxylic acids is 3. The molecule has 0 aromatic heterocycles. The van der Waals surface area contributed by atoms with Crippen LogP contribution in [0.5, 0.6) is 0 Å². The third-order valence-electron chi connectivity index (χ3n) is 2.73. The molecule has 18 heavy (non-hydrogen) atoms. The normalized spacial score (nSPS) is 18.2. The zero-order valence-corrected chi connectivity index (χ0v) is 9.72. The van der Waals surface area contributed by atoms with Gasteiger partial charge in [0.15, 0.2) is 0 Å². The van der Waals surface area contributed by atoms with Crippen LogP contribution in [0, 0.1) is 0 Å². The van der Waals surface area contributed by atoms with E-state index in [1.165, 1.54) is 0 Å². The second-order valence-electron chi connectivity index (χ2n) is 4.08. The maximum Gasteiger partial charge on any atom is 0.377 e. The Labute approximate surface area is 104 Å². The average molecular weight is 247 g/mol. The van der Waals surface area contributed by atoms with Crippen molar-refractivity contribution < 1.29 is 19.1 Å². The molecule has 1 aromatic rings. The van der Waals surface area contributed by atoms with Gasteiger partial charge in [-0.25, -0.2) is 4.79 Å². The van der Waals surface area contributed by atoms with Gasteiger partial charge in [0.1, 0.15) is 6.61 Å². The van der Waals surface area contributed by atoms with E-state index in [1.54, 1.807) is 12.1 Å².